The molecule has 0 aliphatic carbocycles. The van der Waals surface area contributed by atoms with Gasteiger partial charge in [0, 0.05) is 5.56 Å². The Kier molecular flexibility index (Phi) is 3.34. The van der Waals surface area contributed by atoms with Crippen molar-refractivity contribution in [3.8, 4) is 0 Å². The molecular weight excluding hydrogens is 198 g/mol. The van der Waals surface area contributed by atoms with Gasteiger partial charge in [-0.25, -0.2) is 4.99 Å². The number of methoxy groups -OCH3 is 1. The highest BCUT2D eigenvalue weighted by atomic mass is 16.5. The minimum atomic E-state index is 0.631. The van der Waals surface area contributed by atoms with Crippen LogP contribution in [0.1, 0.15) is 5.56 Å². The highest BCUT2D eigenvalue weighted by molar-refractivity contribution is 5.95. The molecule has 2 rings (SSSR count). The van der Waals surface area contributed by atoms with E-state index in [0.717, 1.165) is 11.3 Å². The number of hydrogen-bond donors (Lipinski definition) is 0. The zero-order valence-electron chi connectivity index (χ0n) is 9.13. The van der Waals surface area contributed by atoms with E-state index < -0.39 is 0 Å². The molecule has 0 amide bonds. The number of aliphatic imine (C=N–C) groups is 1. The molecule has 0 aliphatic rings. The number of para-hydroxylation sites is 1. The summed E-state index contributed by atoms with van der Waals surface area (Å²) < 4.78 is 5.29. The van der Waals surface area contributed by atoms with Crippen LogP contribution < -0.4 is 0 Å². The summed E-state index contributed by atoms with van der Waals surface area (Å²) in [6, 6.07) is 19.6. The van der Waals surface area contributed by atoms with Crippen molar-refractivity contribution < 1.29 is 4.74 Å². The molecule has 0 atom stereocenters. The summed E-state index contributed by atoms with van der Waals surface area (Å²) in [5.74, 6) is 0.631. The highest BCUT2D eigenvalue weighted by Gasteiger charge is 2.01. The fourth-order valence-electron chi connectivity index (χ4n) is 1.43. The molecule has 0 fully saturated rings. The molecule has 0 aliphatic heterocycles. The van der Waals surface area contributed by atoms with Gasteiger partial charge in [-0.05, 0) is 24.3 Å². The third kappa shape index (κ3) is 2.48. The van der Waals surface area contributed by atoms with Crippen LogP contribution in [0.4, 0.5) is 5.69 Å². The molecule has 16 heavy (non-hydrogen) atoms. The van der Waals surface area contributed by atoms with Crippen molar-refractivity contribution in [2.24, 2.45) is 4.99 Å². The normalized spacial score (nSPS) is 11.2. The first-order valence-electron chi connectivity index (χ1n) is 5.13. The van der Waals surface area contributed by atoms with E-state index in [1.165, 1.54) is 0 Å². The maximum atomic E-state index is 5.29. The molecule has 0 unspecified atom stereocenters. The maximum absolute atomic E-state index is 5.29. The van der Waals surface area contributed by atoms with Crippen molar-refractivity contribution in [3.63, 3.8) is 0 Å². The van der Waals surface area contributed by atoms with Crippen molar-refractivity contribution in [1.82, 2.24) is 0 Å². The lowest BCUT2D eigenvalue weighted by atomic mass is 10.2. The molecule has 0 saturated carbocycles. The standard InChI is InChI=1S/C14H13NO/c1-16-14(12-8-4-2-5-9-12)15-13-10-6-3-7-11-13/h2-11H,1H3. The molecule has 2 aromatic carbocycles. The van der Waals surface area contributed by atoms with Crippen LogP contribution in [0.25, 0.3) is 0 Å². The third-order valence-electron chi connectivity index (χ3n) is 2.20. The number of hydrogen-bond acceptors (Lipinski definition) is 2. The van der Waals surface area contributed by atoms with E-state index in [9.17, 15) is 0 Å². The lowest BCUT2D eigenvalue weighted by molar-refractivity contribution is 0.405. The van der Waals surface area contributed by atoms with Gasteiger partial charge in [0.15, 0.2) is 0 Å². The lowest BCUT2D eigenvalue weighted by Gasteiger charge is -2.04. The predicted octanol–water partition coefficient (Wildman–Crippen LogP) is 3.41. The van der Waals surface area contributed by atoms with Crippen LogP contribution in [-0.4, -0.2) is 13.0 Å². The topological polar surface area (TPSA) is 21.6 Å². The first-order chi connectivity index (χ1) is 7.90. The van der Waals surface area contributed by atoms with Crippen molar-refractivity contribution >= 4 is 11.6 Å². The summed E-state index contributed by atoms with van der Waals surface area (Å²) in [4.78, 5) is 4.44. The third-order valence-corrected chi connectivity index (χ3v) is 2.20. The van der Waals surface area contributed by atoms with Gasteiger partial charge in [0.25, 0.3) is 0 Å². The van der Waals surface area contributed by atoms with E-state index in [1.54, 1.807) is 7.11 Å². The summed E-state index contributed by atoms with van der Waals surface area (Å²) in [7, 11) is 1.63. The van der Waals surface area contributed by atoms with E-state index in [1.807, 2.05) is 60.7 Å². The highest BCUT2D eigenvalue weighted by Crippen LogP contribution is 2.13. The number of rotatable bonds is 2. The molecular formula is C14H13NO. The Morgan fingerprint density at radius 2 is 1.44 bits per heavy atom. The summed E-state index contributed by atoms with van der Waals surface area (Å²) >= 11 is 0. The molecule has 80 valence electrons. The van der Waals surface area contributed by atoms with Gasteiger partial charge in [0.2, 0.25) is 5.90 Å². The first kappa shape index (κ1) is 10.4. The van der Waals surface area contributed by atoms with Crippen LogP contribution in [-0.2, 0) is 4.74 Å². The van der Waals surface area contributed by atoms with Crippen molar-refractivity contribution in [1.29, 1.82) is 0 Å². The number of benzene rings is 2. The van der Waals surface area contributed by atoms with Gasteiger partial charge < -0.3 is 4.74 Å². The van der Waals surface area contributed by atoms with E-state index in [4.69, 9.17) is 4.74 Å². The van der Waals surface area contributed by atoms with Crippen molar-refractivity contribution in [2.75, 3.05) is 7.11 Å². The molecule has 0 saturated heterocycles. The number of ether oxygens (including phenoxy) is 1. The summed E-state index contributed by atoms with van der Waals surface area (Å²) in [6.45, 7) is 0. The van der Waals surface area contributed by atoms with Gasteiger partial charge in [0.05, 0.1) is 12.8 Å². The average molecular weight is 211 g/mol. The monoisotopic (exact) mass is 211 g/mol. The SMILES string of the molecule is COC(=Nc1ccccc1)c1ccccc1. The van der Waals surface area contributed by atoms with Gasteiger partial charge >= 0.3 is 0 Å². The maximum Gasteiger partial charge on any atom is 0.220 e. The van der Waals surface area contributed by atoms with Crippen LogP contribution >= 0.6 is 0 Å². The number of nitrogens with zero attached hydrogens (tertiary/aromatic N) is 1. The van der Waals surface area contributed by atoms with Gasteiger partial charge in [0.1, 0.15) is 0 Å². The van der Waals surface area contributed by atoms with Gasteiger partial charge in [-0.3, -0.25) is 0 Å². The molecule has 0 N–H and O–H groups in total. The van der Waals surface area contributed by atoms with E-state index in [2.05, 4.69) is 4.99 Å². The lowest BCUT2D eigenvalue weighted by Crippen LogP contribution is -2.02. The van der Waals surface area contributed by atoms with Crippen LogP contribution in [0.5, 0.6) is 0 Å². The zero-order valence-corrected chi connectivity index (χ0v) is 9.13. The largest absolute Gasteiger partial charge is 0.481 e. The quantitative estimate of drug-likeness (QED) is 0.551. The fourth-order valence-corrected chi connectivity index (χ4v) is 1.43. The minimum Gasteiger partial charge on any atom is -0.481 e. The second-order valence-corrected chi connectivity index (χ2v) is 3.32. The summed E-state index contributed by atoms with van der Waals surface area (Å²) in [6.07, 6.45) is 0. The molecule has 0 heterocycles. The van der Waals surface area contributed by atoms with Crippen LogP contribution in [0.3, 0.4) is 0 Å². The first-order valence-corrected chi connectivity index (χ1v) is 5.13. The van der Waals surface area contributed by atoms with Crippen LogP contribution in [0.2, 0.25) is 0 Å². The van der Waals surface area contributed by atoms with E-state index in [-0.39, 0.29) is 0 Å². The Labute approximate surface area is 95.2 Å². The molecule has 2 heteroatoms. The Hall–Kier alpha value is -2.09. The Morgan fingerprint density at radius 1 is 0.875 bits per heavy atom. The van der Waals surface area contributed by atoms with Gasteiger partial charge in [-0.2, -0.15) is 0 Å². The summed E-state index contributed by atoms with van der Waals surface area (Å²) in [5, 5.41) is 0. The van der Waals surface area contributed by atoms with Gasteiger partial charge in [-0.15, -0.1) is 0 Å². The average Bonchev–Trinajstić information content (AvgIpc) is 2.38. The molecule has 0 radical (unpaired) electrons. The van der Waals surface area contributed by atoms with E-state index >= 15 is 0 Å². The van der Waals surface area contributed by atoms with Gasteiger partial charge in [-0.1, -0.05) is 36.4 Å². The molecule has 0 bridgehead atoms. The second kappa shape index (κ2) is 5.12. The molecule has 0 aromatic heterocycles. The molecule has 0 spiro atoms. The van der Waals surface area contributed by atoms with Crippen molar-refractivity contribution in [2.45, 2.75) is 0 Å². The minimum absolute atomic E-state index is 0.631. The summed E-state index contributed by atoms with van der Waals surface area (Å²) in [5.41, 5.74) is 1.87. The van der Waals surface area contributed by atoms with Crippen LogP contribution in [0, 0.1) is 0 Å². The molecule has 2 nitrogen and oxygen atoms in total. The zero-order chi connectivity index (χ0) is 11.2. The molecule has 2 aromatic rings. The van der Waals surface area contributed by atoms with Crippen LogP contribution in [0.15, 0.2) is 65.7 Å². The van der Waals surface area contributed by atoms with E-state index in [0.29, 0.717) is 5.90 Å². The second-order valence-electron chi connectivity index (χ2n) is 3.32. The fraction of sp³-hybridized carbons (Fsp3) is 0.0714. The predicted molar refractivity (Wildman–Crippen MR) is 66.1 cm³/mol. The Balaban J connectivity index is 2.34. The Morgan fingerprint density at radius 3 is 2.00 bits per heavy atom. The van der Waals surface area contributed by atoms with Crippen molar-refractivity contribution in [3.05, 3.63) is 66.2 Å². The smallest absolute Gasteiger partial charge is 0.220 e. The Bertz CT molecular complexity index is 463.